The Morgan fingerprint density at radius 2 is 1.54 bits per heavy atom. The molecule has 5 aliphatic rings. The molecule has 5 fully saturated rings. The van der Waals surface area contributed by atoms with Crippen LogP contribution in [-0.2, 0) is 14.3 Å². The molecule has 0 bridgehead atoms. The van der Waals surface area contributed by atoms with Gasteiger partial charge in [0.1, 0.15) is 18.8 Å². The maximum absolute atomic E-state index is 13.0. The number of aromatic nitrogens is 4. The normalized spacial score (nSPS) is 40.2. The van der Waals surface area contributed by atoms with Crippen molar-refractivity contribution in [3.63, 3.8) is 0 Å². The molecular formula is C41H56N4O5. The molecule has 0 aromatic carbocycles. The third kappa shape index (κ3) is 5.26. The Morgan fingerprint density at radius 3 is 2.22 bits per heavy atom. The molecule has 3 unspecified atom stereocenters. The van der Waals surface area contributed by atoms with E-state index in [1.807, 2.05) is 0 Å². The van der Waals surface area contributed by atoms with E-state index in [1.165, 1.54) is 65.0 Å². The summed E-state index contributed by atoms with van der Waals surface area (Å²) in [5, 5.41) is 0. The van der Waals surface area contributed by atoms with Crippen LogP contribution >= 0.6 is 0 Å². The van der Waals surface area contributed by atoms with Crippen molar-refractivity contribution in [3.05, 3.63) is 61.7 Å². The Kier molecular flexibility index (Phi) is 8.62. The predicted octanol–water partition coefficient (Wildman–Crippen LogP) is 8.53. The van der Waals surface area contributed by atoms with Crippen LogP contribution < -0.4 is 0 Å². The van der Waals surface area contributed by atoms with Crippen molar-refractivity contribution in [1.82, 2.24) is 19.1 Å². The second-order valence-electron chi connectivity index (χ2n) is 18.0. The van der Waals surface area contributed by atoms with Gasteiger partial charge < -0.3 is 9.47 Å². The lowest BCUT2D eigenvalue weighted by Gasteiger charge is -2.73. The summed E-state index contributed by atoms with van der Waals surface area (Å²) in [4.78, 5) is 46.3. The van der Waals surface area contributed by atoms with Gasteiger partial charge in [0.15, 0.2) is 0 Å². The zero-order chi connectivity index (χ0) is 35.7. The second-order valence-corrected chi connectivity index (χ2v) is 18.0. The molecule has 0 saturated heterocycles. The lowest BCUT2D eigenvalue weighted by atomic mass is 9.32. The smallest absolute Gasteiger partial charge is 0.419 e. The van der Waals surface area contributed by atoms with Gasteiger partial charge in [0, 0.05) is 47.8 Å². The van der Waals surface area contributed by atoms with Crippen LogP contribution in [0.15, 0.2) is 61.7 Å². The zero-order valence-electron chi connectivity index (χ0n) is 30.9. The number of imidazole rings is 2. The standard InChI is InChI=1S/C41H56N4O5/c1-27(2)28-12-17-41(24-49-34(47)11-10-33(46)44-22-20-42-25-44)19-18-39(6)29(35(28)41)8-9-31-38(5)15-14-32(50-36(48)45-23-21-43-26-45)37(3,4)30(38)13-16-40(31,39)7/h10-11,20-23,25-26,28-32,35H,1,8-9,12-19,24H2,2-7H3/b11-10+/t28-,29+,30?,31?,32-,35?,38-,39+,40+,41+/m0/s1. The molecule has 7 rings (SSSR count). The molecule has 10 atom stereocenters. The molecule has 0 aliphatic heterocycles. The van der Waals surface area contributed by atoms with Crippen LogP contribution in [0.2, 0.25) is 0 Å². The van der Waals surface area contributed by atoms with Crippen molar-refractivity contribution in [2.45, 2.75) is 112 Å². The number of rotatable bonds is 6. The van der Waals surface area contributed by atoms with Crippen molar-refractivity contribution < 1.29 is 23.9 Å². The highest BCUT2D eigenvalue weighted by molar-refractivity contribution is 5.95. The third-order valence-corrected chi connectivity index (χ3v) is 15.8. The highest BCUT2D eigenvalue weighted by atomic mass is 16.6. The zero-order valence-corrected chi connectivity index (χ0v) is 30.9. The summed E-state index contributed by atoms with van der Waals surface area (Å²) in [5.41, 5.74) is 1.55. The molecule has 2 heterocycles. The summed E-state index contributed by atoms with van der Waals surface area (Å²) in [5.74, 6) is 1.63. The van der Waals surface area contributed by atoms with E-state index in [1.54, 1.807) is 18.6 Å². The van der Waals surface area contributed by atoms with E-state index in [0.29, 0.717) is 36.2 Å². The van der Waals surface area contributed by atoms with Gasteiger partial charge in [-0.2, -0.15) is 0 Å². The van der Waals surface area contributed by atoms with Crippen molar-refractivity contribution in [2.75, 3.05) is 6.61 Å². The van der Waals surface area contributed by atoms with Gasteiger partial charge in [0.25, 0.3) is 5.91 Å². The number of nitrogens with zero attached hydrogens (tertiary/aromatic N) is 4. The first-order valence-electron chi connectivity index (χ1n) is 18.9. The number of ether oxygens (including phenoxy) is 2. The summed E-state index contributed by atoms with van der Waals surface area (Å²) in [6.45, 7) is 19.6. The maximum atomic E-state index is 13.0. The predicted molar refractivity (Wildman–Crippen MR) is 190 cm³/mol. The largest absolute Gasteiger partial charge is 0.462 e. The lowest BCUT2D eigenvalue weighted by Crippen LogP contribution is -2.67. The van der Waals surface area contributed by atoms with Crippen LogP contribution in [0.5, 0.6) is 0 Å². The number of fused-ring (bicyclic) bond motifs is 7. The van der Waals surface area contributed by atoms with E-state index in [-0.39, 0.29) is 45.2 Å². The monoisotopic (exact) mass is 684 g/mol. The molecule has 0 amide bonds. The molecule has 2 aromatic rings. The SMILES string of the molecule is C=C(C)[C@@H]1CC[C@]2(COC(=O)/C=C/C(=O)n3ccnc3)CC[C@]3(C)[C@H](CCC4[C@@]5(C)CC[C@H](OC(=O)n6ccnc6)C(C)(C)C5CC[C@]43C)C12. The maximum Gasteiger partial charge on any atom is 0.419 e. The average Bonchev–Trinajstić information content (AvgIpc) is 3.86. The molecule has 9 nitrogen and oxygen atoms in total. The number of hydrogen-bond donors (Lipinski definition) is 0. The first-order chi connectivity index (χ1) is 23.7. The molecule has 50 heavy (non-hydrogen) atoms. The Morgan fingerprint density at radius 1 is 0.820 bits per heavy atom. The molecule has 0 radical (unpaired) electrons. The summed E-state index contributed by atoms with van der Waals surface area (Å²) in [7, 11) is 0. The van der Waals surface area contributed by atoms with E-state index in [9.17, 15) is 14.4 Å². The van der Waals surface area contributed by atoms with Crippen molar-refractivity contribution in [1.29, 1.82) is 0 Å². The van der Waals surface area contributed by atoms with Crippen LogP contribution in [0.3, 0.4) is 0 Å². The van der Waals surface area contributed by atoms with Gasteiger partial charge in [-0.15, -0.1) is 0 Å². The fourth-order valence-corrected chi connectivity index (χ4v) is 13.1. The van der Waals surface area contributed by atoms with E-state index < -0.39 is 5.97 Å². The minimum atomic E-state index is -0.463. The number of esters is 1. The van der Waals surface area contributed by atoms with Gasteiger partial charge in [-0.1, -0.05) is 46.8 Å². The van der Waals surface area contributed by atoms with Crippen LogP contribution in [0.4, 0.5) is 4.79 Å². The summed E-state index contributed by atoms with van der Waals surface area (Å²) >= 11 is 0. The Hall–Kier alpha value is -3.49. The van der Waals surface area contributed by atoms with Crippen LogP contribution in [0.1, 0.15) is 111 Å². The van der Waals surface area contributed by atoms with Gasteiger partial charge >= 0.3 is 12.1 Å². The molecule has 5 saturated carbocycles. The van der Waals surface area contributed by atoms with Gasteiger partial charge in [0.05, 0.1) is 6.61 Å². The minimum Gasteiger partial charge on any atom is -0.462 e. The number of carbonyl (C=O) groups excluding carboxylic acids is 3. The molecule has 5 aliphatic carbocycles. The number of carbonyl (C=O) groups is 3. The average molecular weight is 685 g/mol. The lowest BCUT2D eigenvalue weighted by molar-refractivity contribution is -0.249. The molecular weight excluding hydrogens is 628 g/mol. The minimum absolute atomic E-state index is 0.0743. The molecule has 0 spiro atoms. The number of hydrogen-bond acceptors (Lipinski definition) is 7. The summed E-state index contributed by atoms with van der Waals surface area (Å²) < 4.78 is 15.0. The Labute approximate surface area is 297 Å². The number of allylic oxidation sites excluding steroid dienone is 2. The Balaban J connectivity index is 1.11. The second kappa shape index (κ2) is 12.3. The van der Waals surface area contributed by atoms with Gasteiger partial charge in [0.2, 0.25) is 0 Å². The molecule has 9 heteroatoms. The first kappa shape index (κ1) is 34.9. The van der Waals surface area contributed by atoms with E-state index in [4.69, 9.17) is 9.47 Å². The highest BCUT2D eigenvalue weighted by Crippen LogP contribution is 2.77. The van der Waals surface area contributed by atoms with E-state index in [0.717, 1.165) is 44.9 Å². The van der Waals surface area contributed by atoms with Crippen LogP contribution in [-0.4, -0.2) is 49.8 Å². The summed E-state index contributed by atoms with van der Waals surface area (Å²) in [6, 6.07) is 0. The molecule has 0 N–H and O–H groups in total. The van der Waals surface area contributed by atoms with E-state index in [2.05, 4.69) is 58.1 Å². The Bertz CT molecular complexity index is 1660. The van der Waals surface area contributed by atoms with Crippen LogP contribution in [0, 0.1) is 56.7 Å². The topological polar surface area (TPSA) is 105 Å². The molecule has 2 aromatic heterocycles. The van der Waals surface area contributed by atoms with Gasteiger partial charge in [-0.05, 0) is 117 Å². The van der Waals surface area contributed by atoms with E-state index >= 15 is 0 Å². The third-order valence-electron chi connectivity index (χ3n) is 15.8. The summed E-state index contributed by atoms with van der Waals surface area (Å²) in [6.07, 6.45) is 22.3. The van der Waals surface area contributed by atoms with Gasteiger partial charge in [-0.25, -0.2) is 24.1 Å². The van der Waals surface area contributed by atoms with Gasteiger partial charge in [-0.3, -0.25) is 9.36 Å². The van der Waals surface area contributed by atoms with Crippen molar-refractivity contribution in [2.24, 2.45) is 56.7 Å². The van der Waals surface area contributed by atoms with Crippen molar-refractivity contribution in [3.8, 4) is 0 Å². The highest BCUT2D eigenvalue weighted by Gasteiger charge is 2.71. The fourth-order valence-electron chi connectivity index (χ4n) is 13.1. The fraction of sp³-hybridized carbons (Fsp3) is 0.683. The van der Waals surface area contributed by atoms with Crippen LogP contribution in [0.25, 0.3) is 0 Å². The quantitative estimate of drug-likeness (QED) is 0.171. The first-order valence-corrected chi connectivity index (χ1v) is 18.9. The molecule has 270 valence electrons. The van der Waals surface area contributed by atoms with Crippen molar-refractivity contribution >= 4 is 18.0 Å².